The SMILES string of the molecule is CCNC(=NCC(C)(C)SC)NCC(c1ccc(OC)c(OC)c1)N(C)C.I. The fraction of sp³-hybridized carbons (Fsp3) is 0.650. The Morgan fingerprint density at radius 2 is 1.82 bits per heavy atom. The molecular formula is C20H37IN4O2S. The third-order valence-corrected chi connectivity index (χ3v) is 5.63. The van der Waals surface area contributed by atoms with Crippen LogP contribution < -0.4 is 20.1 Å². The maximum absolute atomic E-state index is 5.46. The zero-order valence-electron chi connectivity index (χ0n) is 18.5. The molecule has 1 rings (SSSR count). The molecule has 1 aromatic rings. The van der Waals surface area contributed by atoms with Gasteiger partial charge in [-0.1, -0.05) is 6.07 Å². The van der Waals surface area contributed by atoms with Crippen LogP contribution in [0.25, 0.3) is 0 Å². The molecule has 0 spiro atoms. The summed E-state index contributed by atoms with van der Waals surface area (Å²) in [7, 11) is 7.46. The van der Waals surface area contributed by atoms with Gasteiger partial charge in [-0.05, 0) is 58.8 Å². The van der Waals surface area contributed by atoms with Crippen molar-refractivity contribution in [2.75, 3.05) is 54.2 Å². The number of benzene rings is 1. The summed E-state index contributed by atoms with van der Waals surface area (Å²) in [6, 6.07) is 6.23. The van der Waals surface area contributed by atoms with Gasteiger partial charge >= 0.3 is 0 Å². The van der Waals surface area contributed by atoms with Crippen molar-refractivity contribution in [2.45, 2.75) is 31.6 Å². The highest BCUT2D eigenvalue weighted by Crippen LogP contribution is 2.31. The number of likely N-dealkylation sites (N-methyl/N-ethyl adjacent to an activating group) is 1. The van der Waals surface area contributed by atoms with Crippen LogP contribution in [0.5, 0.6) is 11.5 Å². The molecule has 0 saturated carbocycles. The van der Waals surface area contributed by atoms with Crippen LogP contribution in [0.3, 0.4) is 0 Å². The molecule has 0 heterocycles. The van der Waals surface area contributed by atoms with E-state index in [1.165, 1.54) is 0 Å². The highest BCUT2D eigenvalue weighted by atomic mass is 127. The maximum atomic E-state index is 5.46. The summed E-state index contributed by atoms with van der Waals surface area (Å²) in [5.41, 5.74) is 1.16. The molecule has 0 aliphatic carbocycles. The van der Waals surface area contributed by atoms with Crippen LogP contribution in [0.15, 0.2) is 23.2 Å². The van der Waals surface area contributed by atoms with Crippen molar-refractivity contribution in [1.82, 2.24) is 15.5 Å². The smallest absolute Gasteiger partial charge is 0.191 e. The van der Waals surface area contributed by atoms with Gasteiger partial charge in [-0.15, -0.1) is 24.0 Å². The molecule has 6 nitrogen and oxygen atoms in total. The van der Waals surface area contributed by atoms with Crippen molar-refractivity contribution in [3.63, 3.8) is 0 Å². The van der Waals surface area contributed by atoms with E-state index in [4.69, 9.17) is 14.5 Å². The first-order chi connectivity index (χ1) is 12.8. The van der Waals surface area contributed by atoms with E-state index >= 15 is 0 Å². The third kappa shape index (κ3) is 8.65. The number of aliphatic imine (C=N–C) groups is 1. The second kappa shape index (κ2) is 13.4. The molecule has 0 aromatic heterocycles. The van der Waals surface area contributed by atoms with Gasteiger partial charge in [-0.25, -0.2) is 0 Å². The van der Waals surface area contributed by atoms with Gasteiger partial charge in [0.25, 0.3) is 0 Å². The zero-order valence-corrected chi connectivity index (χ0v) is 21.6. The summed E-state index contributed by atoms with van der Waals surface area (Å²) < 4.78 is 10.9. The molecule has 0 radical (unpaired) electrons. The van der Waals surface area contributed by atoms with Crippen LogP contribution in [0.2, 0.25) is 0 Å². The number of halogens is 1. The fourth-order valence-corrected chi connectivity index (χ4v) is 2.72. The van der Waals surface area contributed by atoms with Crippen molar-refractivity contribution in [3.8, 4) is 11.5 Å². The Labute approximate surface area is 192 Å². The number of nitrogens with one attached hydrogen (secondary N) is 2. The van der Waals surface area contributed by atoms with E-state index in [-0.39, 0.29) is 34.8 Å². The van der Waals surface area contributed by atoms with E-state index in [1.807, 2.05) is 23.9 Å². The molecule has 1 unspecified atom stereocenters. The molecule has 1 atom stereocenters. The average Bonchev–Trinajstić information content (AvgIpc) is 2.65. The minimum absolute atomic E-state index is 0. The summed E-state index contributed by atoms with van der Waals surface area (Å²) in [5.74, 6) is 2.32. The second-order valence-electron chi connectivity index (χ2n) is 7.13. The van der Waals surface area contributed by atoms with Crippen LogP contribution in [0.1, 0.15) is 32.4 Å². The quantitative estimate of drug-likeness (QED) is 0.277. The first-order valence-corrected chi connectivity index (χ1v) is 10.5. The maximum Gasteiger partial charge on any atom is 0.191 e. The monoisotopic (exact) mass is 524 g/mol. The summed E-state index contributed by atoms with van der Waals surface area (Å²) >= 11 is 1.82. The molecule has 0 bridgehead atoms. The molecule has 1 aromatic carbocycles. The fourth-order valence-electron chi connectivity index (χ4n) is 2.53. The van der Waals surface area contributed by atoms with Crippen molar-refractivity contribution in [1.29, 1.82) is 0 Å². The summed E-state index contributed by atoms with van der Waals surface area (Å²) in [4.78, 5) is 6.94. The van der Waals surface area contributed by atoms with Gasteiger partial charge in [0.15, 0.2) is 17.5 Å². The number of methoxy groups -OCH3 is 2. The largest absolute Gasteiger partial charge is 0.493 e. The zero-order chi connectivity index (χ0) is 20.4. The summed E-state index contributed by atoms with van der Waals surface area (Å²) in [5, 5.41) is 6.81. The lowest BCUT2D eigenvalue weighted by molar-refractivity contribution is 0.295. The number of thioether (sulfide) groups is 1. The molecule has 0 aliphatic heterocycles. The van der Waals surface area contributed by atoms with E-state index in [0.29, 0.717) is 0 Å². The molecule has 0 saturated heterocycles. The normalized spacial score (nSPS) is 13.0. The van der Waals surface area contributed by atoms with Crippen molar-refractivity contribution < 1.29 is 9.47 Å². The van der Waals surface area contributed by atoms with Gasteiger partial charge in [0.1, 0.15) is 0 Å². The molecule has 28 heavy (non-hydrogen) atoms. The Morgan fingerprint density at radius 3 is 2.32 bits per heavy atom. The van der Waals surface area contributed by atoms with E-state index < -0.39 is 0 Å². The lowest BCUT2D eigenvalue weighted by atomic mass is 10.1. The van der Waals surface area contributed by atoms with Crippen molar-refractivity contribution in [2.24, 2.45) is 4.99 Å². The van der Waals surface area contributed by atoms with Crippen LogP contribution in [-0.4, -0.2) is 69.8 Å². The highest BCUT2D eigenvalue weighted by molar-refractivity contribution is 14.0. The average molecular weight is 525 g/mol. The lowest BCUT2D eigenvalue weighted by Gasteiger charge is -2.27. The van der Waals surface area contributed by atoms with Crippen LogP contribution in [-0.2, 0) is 0 Å². The van der Waals surface area contributed by atoms with Gasteiger partial charge in [-0.2, -0.15) is 11.8 Å². The molecule has 0 fully saturated rings. The number of hydrogen-bond donors (Lipinski definition) is 2. The third-order valence-electron chi connectivity index (χ3n) is 4.39. The first-order valence-electron chi connectivity index (χ1n) is 9.23. The molecule has 0 amide bonds. The number of hydrogen-bond acceptors (Lipinski definition) is 5. The van der Waals surface area contributed by atoms with Crippen LogP contribution in [0.4, 0.5) is 0 Å². The van der Waals surface area contributed by atoms with Gasteiger partial charge < -0.3 is 25.0 Å². The molecule has 2 N–H and O–H groups in total. The molecular weight excluding hydrogens is 487 g/mol. The Bertz CT molecular complexity index is 612. The minimum Gasteiger partial charge on any atom is -0.493 e. The predicted molar refractivity (Wildman–Crippen MR) is 133 cm³/mol. The van der Waals surface area contributed by atoms with E-state index in [1.54, 1.807) is 14.2 Å². The Kier molecular flexibility index (Phi) is 13.0. The molecule has 8 heteroatoms. The van der Waals surface area contributed by atoms with E-state index in [2.05, 4.69) is 62.7 Å². The second-order valence-corrected chi connectivity index (χ2v) is 8.65. The van der Waals surface area contributed by atoms with Gasteiger partial charge in [-0.3, -0.25) is 4.99 Å². The van der Waals surface area contributed by atoms with E-state index in [9.17, 15) is 0 Å². The Balaban J connectivity index is 0.00000729. The van der Waals surface area contributed by atoms with Crippen molar-refractivity contribution in [3.05, 3.63) is 23.8 Å². The van der Waals surface area contributed by atoms with Crippen LogP contribution >= 0.6 is 35.7 Å². The van der Waals surface area contributed by atoms with Gasteiger partial charge in [0.2, 0.25) is 0 Å². The Morgan fingerprint density at radius 1 is 1.18 bits per heavy atom. The number of nitrogens with zero attached hydrogens (tertiary/aromatic N) is 2. The first kappa shape index (κ1) is 27.1. The predicted octanol–water partition coefficient (Wildman–Crippen LogP) is 3.62. The highest BCUT2D eigenvalue weighted by Gasteiger charge is 2.18. The number of rotatable bonds is 10. The summed E-state index contributed by atoms with van der Waals surface area (Å²) in [6.45, 7) is 8.80. The number of ether oxygens (including phenoxy) is 2. The molecule has 162 valence electrons. The lowest BCUT2D eigenvalue weighted by Crippen LogP contribution is -2.42. The minimum atomic E-state index is 0. The topological polar surface area (TPSA) is 58.1 Å². The number of guanidine groups is 1. The van der Waals surface area contributed by atoms with Gasteiger partial charge in [0, 0.05) is 17.8 Å². The van der Waals surface area contributed by atoms with E-state index in [0.717, 1.165) is 42.7 Å². The van der Waals surface area contributed by atoms with Crippen molar-refractivity contribution >= 4 is 41.7 Å². The molecule has 0 aliphatic rings. The Hall–Kier alpha value is -0.870. The van der Waals surface area contributed by atoms with Gasteiger partial charge in [0.05, 0.1) is 26.8 Å². The van der Waals surface area contributed by atoms with Crippen LogP contribution in [0, 0.1) is 0 Å². The summed E-state index contributed by atoms with van der Waals surface area (Å²) in [6.07, 6.45) is 2.12. The standard InChI is InChI=1S/C20H36N4O2S.HI/c1-9-21-19(23-14-20(2,3)27-8)22-13-16(24(4)5)15-10-11-17(25-6)18(12-15)26-7;/h10-12,16H,9,13-14H2,1-8H3,(H2,21,22,23);1H.